The molecule has 0 spiro atoms. The van der Waals surface area contributed by atoms with Crippen molar-refractivity contribution in [2.75, 3.05) is 6.54 Å². The average Bonchev–Trinajstić information content (AvgIpc) is 2.89. The van der Waals surface area contributed by atoms with Crippen molar-refractivity contribution < 1.29 is 12.8 Å². The largest absolute Gasteiger partial charge is 0.472 e. The zero-order chi connectivity index (χ0) is 13.9. The van der Waals surface area contributed by atoms with Gasteiger partial charge in [0.05, 0.1) is 12.5 Å². The maximum absolute atomic E-state index is 12.4. The normalized spacial score (nSPS) is 11.9. The third-order valence-electron chi connectivity index (χ3n) is 2.60. The molecule has 5 nitrogen and oxygen atoms in total. The van der Waals surface area contributed by atoms with E-state index in [0.717, 1.165) is 10.0 Å². The van der Waals surface area contributed by atoms with Crippen molar-refractivity contribution in [3.63, 3.8) is 0 Å². The number of hydrogen-bond acceptors (Lipinski definition) is 4. The molecule has 0 amide bonds. The number of hydrogen-bond donors (Lipinski definition) is 0. The van der Waals surface area contributed by atoms with Crippen molar-refractivity contribution in [1.29, 1.82) is 0 Å². The lowest BCUT2D eigenvalue weighted by molar-refractivity contribution is 0.419. The topological polar surface area (TPSA) is 63.4 Å². The van der Waals surface area contributed by atoms with Gasteiger partial charge in [-0.1, -0.05) is 6.92 Å². The molecule has 0 aromatic carbocycles. The fourth-order valence-electron chi connectivity index (χ4n) is 1.60. The van der Waals surface area contributed by atoms with Crippen molar-refractivity contribution in [1.82, 2.24) is 9.29 Å². The van der Waals surface area contributed by atoms with E-state index in [1.807, 2.05) is 0 Å². The Kier molecular flexibility index (Phi) is 4.38. The van der Waals surface area contributed by atoms with E-state index in [1.165, 1.54) is 29.1 Å². The van der Waals surface area contributed by atoms with Crippen LogP contribution in [-0.4, -0.2) is 24.3 Å². The molecule has 0 atom stereocenters. The second-order valence-electron chi connectivity index (χ2n) is 3.88. The third kappa shape index (κ3) is 3.23. The smallest absolute Gasteiger partial charge is 0.260 e. The third-order valence-corrected chi connectivity index (χ3v) is 4.90. The average molecular weight is 345 g/mol. The summed E-state index contributed by atoms with van der Waals surface area (Å²) in [5.74, 6) is 0. The van der Waals surface area contributed by atoms with Crippen LogP contribution in [-0.2, 0) is 16.6 Å². The quantitative estimate of drug-likeness (QED) is 0.836. The SMILES string of the molecule is CCN(Cc1ccoc1)S(=O)(=O)c1ccc(Br)cn1. The summed E-state index contributed by atoms with van der Waals surface area (Å²) in [7, 11) is -3.58. The van der Waals surface area contributed by atoms with Gasteiger partial charge in [0.25, 0.3) is 10.0 Å². The molecule has 2 heterocycles. The van der Waals surface area contributed by atoms with E-state index < -0.39 is 10.0 Å². The van der Waals surface area contributed by atoms with Crippen LogP contribution in [0.1, 0.15) is 12.5 Å². The van der Waals surface area contributed by atoms with Crippen molar-refractivity contribution in [2.45, 2.75) is 18.5 Å². The Morgan fingerprint density at radius 1 is 1.37 bits per heavy atom. The molecule has 0 unspecified atom stereocenters. The highest BCUT2D eigenvalue weighted by Gasteiger charge is 2.24. The summed E-state index contributed by atoms with van der Waals surface area (Å²) < 4.78 is 31.9. The van der Waals surface area contributed by atoms with Crippen LogP contribution in [0.3, 0.4) is 0 Å². The Morgan fingerprint density at radius 3 is 2.68 bits per heavy atom. The van der Waals surface area contributed by atoms with E-state index in [0.29, 0.717) is 6.54 Å². The molecule has 0 aliphatic heterocycles. The molecule has 7 heteroatoms. The van der Waals surface area contributed by atoms with Crippen molar-refractivity contribution in [3.05, 3.63) is 47.0 Å². The molecule has 19 heavy (non-hydrogen) atoms. The lowest BCUT2D eigenvalue weighted by atomic mass is 10.3. The summed E-state index contributed by atoms with van der Waals surface area (Å²) in [6.07, 6.45) is 4.53. The van der Waals surface area contributed by atoms with Gasteiger partial charge in [-0.05, 0) is 34.1 Å². The van der Waals surface area contributed by atoms with E-state index >= 15 is 0 Å². The van der Waals surface area contributed by atoms with Gasteiger partial charge in [0.2, 0.25) is 0 Å². The number of pyridine rings is 1. The van der Waals surface area contributed by atoms with Gasteiger partial charge < -0.3 is 4.42 Å². The molecule has 2 aromatic heterocycles. The Hall–Kier alpha value is -1.18. The first-order valence-electron chi connectivity index (χ1n) is 5.67. The maximum Gasteiger partial charge on any atom is 0.260 e. The molecule has 0 aliphatic carbocycles. The number of nitrogens with zero attached hydrogens (tertiary/aromatic N) is 2. The van der Waals surface area contributed by atoms with Crippen LogP contribution in [0.25, 0.3) is 0 Å². The number of rotatable bonds is 5. The zero-order valence-corrected chi connectivity index (χ0v) is 12.7. The van der Waals surface area contributed by atoms with Crippen LogP contribution in [0.2, 0.25) is 0 Å². The van der Waals surface area contributed by atoms with E-state index in [-0.39, 0.29) is 11.6 Å². The molecule has 0 fully saturated rings. The van der Waals surface area contributed by atoms with Gasteiger partial charge in [-0.2, -0.15) is 4.31 Å². The molecule has 0 radical (unpaired) electrons. The predicted octanol–water partition coefficient (Wildman–Crippen LogP) is 2.65. The summed E-state index contributed by atoms with van der Waals surface area (Å²) in [6, 6.07) is 4.89. The van der Waals surface area contributed by atoms with Gasteiger partial charge in [0, 0.05) is 29.3 Å². The molecule has 2 rings (SSSR count). The Morgan fingerprint density at radius 2 is 2.16 bits per heavy atom. The monoisotopic (exact) mass is 344 g/mol. The first kappa shape index (κ1) is 14.2. The summed E-state index contributed by atoms with van der Waals surface area (Å²) in [4.78, 5) is 3.95. The van der Waals surface area contributed by atoms with Gasteiger partial charge in [0.1, 0.15) is 0 Å². The minimum Gasteiger partial charge on any atom is -0.472 e. The molecular weight excluding hydrogens is 332 g/mol. The van der Waals surface area contributed by atoms with Crippen molar-refractivity contribution >= 4 is 26.0 Å². The standard InChI is InChI=1S/C12H13BrN2O3S/c1-2-15(8-10-5-6-18-9-10)19(16,17)12-4-3-11(13)7-14-12/h3-7,9H,2,8H2,1H3. The van der Waals surface area contributed by atoms with Crippen LogP contribution >= 0.6 is 15.9 Å². The highest BCUT2D eigenvalue weighted by Crippen LogP contribution is 2.18. The molecule has 0 bridgehead atoms. The van der Waals surface area contributed by atoms with Gasteiger partial charge >= 0.3 is 0 Å². The predicted molar refractivity (Wildman–Crippen MR) is 73.9 cm³/mol. The maximum atomic E-state index is 12.4. The Labute approximate surface area is 120 Å². The highest BCUT2D eigenvalue weighted by atomic mass is 79.9. The summed E-state index contributed by atoms with van der Waals surface area (Å²) in [5, 5.41) is 0.0426. The van der Waals surface area contributed by atoms with E-state index in [9.17, 15) is 8.42 Å². The lowest BCUT2D eigenvalue weighted by Crippen LogP contribution is -2.30. The Bertz CT molecular complexity index is 624. The van der Waals surface area contributed by atoms with Crippen LogP contribution in [0, 0.1) is 0 Å². The molecular formula is C12H13BrN2O3S. The second kappa shape index (κ2) is 5.85. The number of aromatic nitrogens is 1. The molecule has 0 aliphatic rings. The van der Waals surface area contributed by atoms with E-state index in [4.69, 9.17) is 4.42 Å². The summed E-state index contributed by atoms with van der Waals surface area (Å²) >= 11 is 3.23. The molecule has 0 N–H and O–H groups in total. The molecule has 0 saturated carbocycles. The minimum absolute atomic E-state index is 0.0426. The minimum atomic E-state index is -3.58. The summed E-state index contributed by atoms with van der Waals surface area (Å²) in [5.41, 5.74) is 0.808. The van der Waals surface area contributed by atoms with Crippen LogP contribution in [0.5, 0.6) is 0 Å². The second-order valence-corrected chi connectivity index (χ2v) is 6.68. The Balaban J connectivity index is 2.28. The fraction of sp³-hybridized carbons (Fsp3) is 0.250. The number of halogens is 1. The molecule has 102 valence electrons. The summed E-state index contributed by atoms with van der Waals surface area (Å²) in [6.45, 7) is 2.43. The number of furan rings is 1. The van der Waals surface area contributed by atoms with Crippen LogP contribution in [0.4, 0.5) is 0 Å². The highest BCUT2D eigenvalue weighted by molar-refractivity contribution is 9.10. The fourth-order valence-corrected chi connectivity index (χ4v) is 3.18. The molecule has 0 saturated heterocycles. The van der Waals surface area contributed by atoms with E-state index in [1.54, 1.807) is 19.1 Å². The first-order chi connectivity index (χ1) is 9.04. The van der Waals surface area contributed by atoms with Crippen LogP contribution in [0.15, 0.2) is 50.8 Å². The van der Waals surface area contributed by atoms with Gasteiger partial charge in [-0.15, -0.1) is 0 Å². The van der Waals surface area contributed by atoms with Gasteiger partial charge in [-0.3, -0.25) is 0 Å². The van der Waals surface area contributed by atoms with E-state index in [2.05, 4.69) is 20.9 Å². The lowest BCUT2D eigenvalue weighted by Gasteiger charge is -2.19. The van der Waals surface area contributed by atoms with Crippen LogP contribution < -0.4 is 0 Å². The van der Waals surface area contributed by atoms with Crippen molar-refractivity contribution in [2.24, 2.45) is 0 Å². The van der Waals surface area contributed by atoms with Gasteiger partial charge in [-0.25, -0.2) is 13.4 Å². The number of sulfonamides is 1. The zero-order valence-electron chi connectivity index (χ0n) is 10.3. The first-order valence-corrected chi connectivity index (χ1v) is 7.90. The van der Waals surface area contributed by atoms with Gasteiger partial charge in [0.15, 0.2) is 5.03 Å². The molecule has 2 aromatic rings. The van der Waals surface area contributed by atoms with Crippen molar-refractivity contribution in [3.8, 4) is 0 Å².